The molecule has 0 N–H and O–H groups in total. The Morgan fingerprint density at radius 1 is 1.12 bits per heavy atom. The highest BCUT2D eigenvalue weighted by atomic mass is 19.4. The van der Waals surface area contributed by atoms with Gasteiger partial charge in [0.15, 0.2) is 0 Å². The second kappa shape index (κ2) is 7.55. The van der Waals surface area contributed by atoms with E-state index in [4.69, 9.17) is 4.74 Å². The summed E-state index contributed by atoms with van der Waals surface area (Å²) in [6.07, 6.45) is -6.81. The molecule has 1 aliphatic heterocycles. The van der Waals surface area contributed by atoms with Gasteiger partial charge in [0.2, 0.25) is 0 Å². The molecule has 1 amide bonds. The Balaban J connectivity index is 1.86. The van der Waals surface area contributed by atoms with Crippen molar-refractivity contribution in [1.29, 1.82) is 0 Å². The van der Waals surface area contributed by atoms with Gasteiger partial charge in [0, 0.05) is 44.7 Å². The summed E-state index contributed by atoms with van der Waals surface area (Å²) in [5.74, 6) is -4.38. The molecule has 1 aromatic rings. The Bertz CT molecular complexity index is 598. The minimum Gasteiger partial charge on any atom is -0.497 e. The highest BCUT2D eigenvalue weighted by Gasteiger charge is 2.56. The monoisotopic (exact) mass is 366 g/mol. The SMILES string of the molecule is COc1cccc(C(=O)N2CCN(CCC(F)(F)C(F)(F)F)CC2)c1. The first-order valence-corrected chi connectivity index (χ1v) is 7.74. The lowest BCUT2D eigenvalue weighted by molar-refractivity contribution is -0.285. The smallest absolute Gasteiger partial charge is 0.453 e. The number of hydrogen-bond donors (Lipinski definition) is 0. The van der Waals surface area contributed by atoms with Gasteiger partial charge in [-0.05, 0) is 18.2 Å². The van der Waals surface area contributed by atoms with Crippen LogP contribution in [0, 0.1) is 0 Å². The van der Waals surface area contributed by atoms with Gasteiger partial charge in [-0.1, -0.05) is 6.07 Å². The van der Waals surface area contributed by atoms with Gasteiger partial charge < -0.3 is 9.64 Å². The number of hydrogen-bond acceptors (Lipinski definition) is 3. The molecule has 0 aliphatic carbocycles. The predicted octanol–water partition coefficient (Wildman–Crippen LogP) is 3.04. The van der Waals surface area contributed by atoms with Gasteiger partial charge >= 0.3 is 12.1 Å². The zero-order valence-corrected chi connectivity index (χ0v) is 13.7. The van der Waals surface area contributed by atoms with E-state index in [1.165, 1.54) is 12.0 Å². The summed E-state index contributed by atoms with van der Waals surface area (Å²) >= 11 is 0. The van der Waals surface area contributed by atoms with E-state index in [9.17, 15) is 26.7 Å². The van der Waals surface area contributed by atoms with Gasteiger partial charge in [0.25, 0.3) is 5.91 Å². The zero-order chi connectivity index (χ0) is 18.7. The molecule has 0 aromatic heterocycles. The van der Waals surface area contributed by atoms with Crippen molar-refractivity contribution in [3.05, 3.63) is 29.8 Å². The average Bonchev–Trinajstić information content (AvgIpc) is 2.59. The third-order valence-corrected chi connectivity index (χ3v) is 4.13. The molecule has 0 saturated carbocycles. The molecule has 1 saturated heterocycles. The lowest BCUT2D eigenvalue weighted by Gasteiger charge is -2.35. The zero-order valence-electron chi connectivity index (χ0n) is 13.7. The van der Waals surface area contributed by atoms with Gasteiger partial charge in [-0.3, -0.25) is 9.69 Å². The minimum atomic E-state index is -5.53. The Labute approximate surface area is 142 Å². The van der Waals surface area contributed by atoms with Crippen LogP contribution in [0.1, 0.15) is 16.8 Å². The van der Waals surface area contributed by atoms with Gasteiger partial charge in [0.05, 0.1) is 7.11 Å². The summed E-state index contributed by atoms with van der Waals surface area (Å²) in [7, 11) is 1.49. The highest BCUT2D eigenvalue weighted by molar-refractivity contribution is 5.94. The van der Waals surface area contributed by atoms with Crippen molar-refractivity contribution in [2.45, 2.75) is 18.5 Å². The largest absolute Gasteiger partial charge is 0.497 e. The number of methoxy groups -OCH3 is 1. The number of halogens is 5. The molecule has 0 atom stereocenters. The second-order valence-corrected chi connectivity index (χ2v) is 5.82. The van der Waals surface area contributed by atoms with E-state index in [1.807, 2.05) is 0 Å². The van der Waals surface area contributed by atoms with Crippen molar-refractivity contribution < 1.29 is 31.5 Å². The van der Waals surface area contributed by atoms with Crippen molar-refractivity contribution in [1.82, 2.24) is 9.80 Å². The van der Waals surface area contributed by atoms with Crippen LogP contribution < -0.4 is 4.74 Å². The fraction of sp³-hybridized carbons (Fsp3) is 0.562. The van der Waals surface area contributed by atoms with E-state index in [2.05, 4.69) is 0 Å². The van der Waals surface area contributed by atoms with Crippen molar-refractivity contribution >= 4 is 5.91 Å². The molecule has 1 heterocycles. The minimum absolute atomic E-state index is 0.223. The lowest BCUT2D eigenvalue weighted by Crippen LogP contribution is -2.50. The van der Waals surface area contributed by atoms with Crippen LogP contribution in [0.5, 0.6) is 5.75 Å². The molecule has 140 valence electrons. The second-order valence-electron chi connectivity index (χ2n) is 5.82. The molecule has 0 spiro atoms. The van der Waals surface area contributed by atoms with Crippen LogP contribution in [0.2, 0.25) is 0 Å². The summed E-state index contributed by atoms with van der Waals surface area (Å²) in [4.78, 5) is 15.5. The quantitative estimate of drug-likeness (QED) is 0.751. The number of rotatable bonds is 5. The molecule has 4 nitrogen and oxygen atoms in total. The van der Waals surface area contributed by atoms with Crippen LogP contribution in [0.15, 0.2) is 24.3 Å². The standard InChI is InChI=1S/C16H19F5N2O2/c1-25-13-4-2-3-12(11-13)14(24)23-9-7-22(8-10-23)6-5-15(17,18)16(19,20)21/h2-4,11H,5-10H2,1H3. The Morgan fingerprint density at radius 2 is 1.76 bits per heavy atom. The molecule has 25 heavy (non-hydrogen) atoms. The summed E-state index contributed by atoms with van der Waals surface area (Å²) in [5.41, 5.74) is 0.441. The molecule has 1 fully saturated rings. The molecular formula is C16H19F5N2O2. The van der Waals surface area contributed by atoms with Crippen LogP contribution in [-0.2, 0) is 0 Å². The summed E-state index contributed by atoms with van der Waals surface area (Å²) in [6.45, 7) is 0.683. The topological polar surface area (TPSA) is 32.8 Å². The maximum atomic E-state index is 13.0. The fourth-order valence-electron chi connectivity index (χ4n) is 2.55. The first kappa shape index (κ1) is 19.4. The van der Waals surface area contributed by atoms with Crippen molar-refractivity contribution in [3.63, 3.8) is 0 Å². The van der Waals surface area contributed by atoms with Crippen LogP contribution >= 0.6 is 0 Å². The highest BCUT2D eigenvalue weighted by Crippen LogP contribution is 2.38. The third kappa shape index (κ3) is 4.81. The molecule has 0 bridgehead atoms. The van der Waals surface area contributed by atoms with Gasteiger partial charge in [-0.25, -0.2) is 0 Å². The van der Waals surface area contributed by atoms with Gasteiger partial charge in [-0.15, -0.1) is 0 Å². The Kier molecular flexibility index (Phi) is 5.87. The Hall–Kier alpha value is -1.90. The lowest BCUT2D eigenvalue weighted by atomic mass is 10.1. The number of alkyl halides is 5. The molecule has 9 heteroatoms. The van der Waals surface area contributed by atoms with Crippen LogP contribution in [0.4, 0.5) is 22.0 Å². The van der Waals surface area contributed by atoms with E-state index in [1.54, 1.807) is 29.2 Å². The number of amides is 1. The summed E-state index contributed by atoms with van der Waals surface area (Å²) in [6, 6.07) is 6.62. The molecule has 1 aromatic carbocycles. The number of carbonyl (C=O) groups excluding carboxylic acids is 1. The molecule has 0 unspecified atom stereocenters. The number of nitrogens with zero attached hydrogens (tertiary/aromatic N) is 2. The van der Waals surface area contributed by atoms with Gasteiger partial charge in [-0.2, -0.15) is 22.0 Å². The van der Waals surface area contributed by atoms with Crippen LogP contribution in [-0.4, -0.2) is 67.6 Å². The third-order valence-electron chi connectivity index (χ3n) is 4.13. The molecule has 2 rings (SSSR count). The first-order valence-electron chi connectivity index (χ1n) is 7.74. The predicted molar refractivity (Wildman–Crippen MR) is 81.0 cm³/mol. The maximum Gasteiger partial charge on any atom is 0.453 e. The van der Waals surface area contributed by atoms with Crippen LogP contribution in [0.25, 0.3) is 0 Å². The van der Waals surface area contributed by atoms with Crippen molar-refractivity contribution in [3.8, 4) is 5.75 Å². The summed E-state index contributed by atoms with van der Waals surface area (Å²) < 4.78 is 67.5. The van der Waals surface area contributed by atoms with E-state index >= 15 is 0 Å². The fourth-order valence-corrected chi connectivity index (χ4v) is 2.55. The van der Waals surface area contributed by atoms with Crippen molar-refractivity contribution in [2.24, 2.45) is 0 Å². The molecule has 0 radical (unpaired) electrons. The van der Waals surface area contributed by atoms with E-state index in [0.717, 1.165) is 0 Å². The Morgan fingerprint density at radius 3 is 2.32 bits per heavy atom. The van der Waals surface area contributed by atoms with Crippen molar-refractivity contribution in [2.75, 3.05) is 39.8 Å². The maximum absolute atomic E-state index is 13.0. The van der Waals surface area contributed by atoms with E-state index < -0.39 is 18.5 Å². The number of piperazine rings is 1. The van der Waals surface area contributed by atoms with E-state index in [0.29, 0.717) is 11.3 Å². The number of benzene rings is 1. The number of carbonyl (C=O) groups is 1. The average molecular weight is 366 g/mol. The normalized spacial score (nSPS) is 16.8. The van der Waals surface area contributed by atoms with Crippen LogP contribution in [0.3, 0.4) is 0 Å². The van der Waals surface area contributed by atoms with E-state index in [-0.39, 0.29) is 38.6 Å². The summed E-state index contributed by atoms with van der Waals surface area (Å²) in [5, 5.41) is 0. The molecular weight excluding hydrogens is 347 g/mol. The molecule has 1 aliphatic rings. The number of ether oxygens (including phenoxy) is 1. The van der Waals surface area contributed by atoms with Gasteiger partial charge in [0.1, 0.15) is 5.75 Å². The first-order chi connectivity index (χ1) is 11.6.